The summed E-state index contributed by atoms with van der Waals surface area (Å²) in [5, 5.41) is 6.77. The first-order valence-corrected chi connectivity index (χ1v) is 10.5. The number of aromatic nitrogens is 5. The van der Waals surface area contributed by atoms with Gasteiger partial charge in [-0.05, 0) is 36.6 Å². The Labute approximate surface area is 188 Å². The van der Waals surface area contributed by atoms with Crippen LogP contribution in [0.3, 0.4) is 0 Å². The van der Waals surface area contributed by atoms with E-state index in [9.17, 15) is 22.8 Å². The van der Waals surface area contributed by atoms with Gasteiger partial charge in [0, 0.05) is 6.20 Å². The summed E-state index contributed by atoms with van der Waals surface area (Å²) in [7, 11) is 0. The molecule has 0 radical (unpaired) electrons. The highest BCUT2D eigenvalue weighted by Crippen LogP contribution is 2.33. The van der Waals surface area contributed by atoms with Crippen LogP contribution in [0.4, 0.5) is 18.9 Å². The number of imidazole rings is 1. The van der Waals surface area contributed by atoms with Crippen LogP contribution < -0.4 is 5.32 Å². The molecule has 0 saturated heterocycles. The van der Waals surface area contributed by atoms with Crippen LogP contribution in [0.1, 0.15) is 16.1 Å². The number of fused-ring (bicyclic) bond motifs is 1. The van der Waals surface area contributed by atoms with E-state index in [-0.39, 0.29) is 17.1 Å². The van der Waals surface area contributed by atoms with Crippen LogP contribution in [0.25, 0.3) is 11.2 Å². The highest BCUT2D eigenvalue weighted by molar-refractivity contribution is 7.98. The number of alkyl halides is 3. The van der Waals surface area contributed by atoms with E-state index in [0.717, 1.165) is 18.2 Å². The number of amides is 1. The van der Waals surface area contributed by atoms with Crippen LogP contribution in [0, 0.1) is 0 Å². The predicted molar refractivity (Wildman–Crippen MR) is 112 cm³/mol. The van der Waals surface area contributed by atoms with Gasteiger partial charge in [0.05, 0.1) is 22.5 Å². The molecule has 3 aromatic heterocycles. The molecular formula is C20H15F3N6O3S. The molecule has 3 heterocycles. The zero-order chi connectivity index (χ0) is 23.6. The molecule has 0 unspecified atom stereocenters. The molecule has 1 N–H and O–H groups in total. The molecule has 1 amide bonds. The van der Waals surface area contributed by atoms with Gasteiger partial charge in [0.15, 0.2) is 17.5 Å². The molecule has 4 aromatic rings. The van der Waals surface area contributed by atoms with Crippen molar-refractivity contribution < 1.29 is 27.5 Å². The fourth-order valence-electron chi connectivity index (χ4n) is 3.03. The number of anilines is 1. The topological polar surface area (TPSA) is 103 Å². The first-order chi connectivity index (χ1) is 15.8. The van der Waals surface area contributed by atoms with E-state index < -0.39 is 30.2 Å². The van der Waals surface area contributed by atoms with Crippen LogP contribution in [0.15, 0.2) is 60.4 Å². The first-order valence-electron chi connectivity index (χ1n) is 9.32. The monoisotopic (exact) mass is 476 g/mol. The van der Waals surface area contributed by atoms with Gasteiger partial charge in [0.25, 0.3) is 5.91 Å². The van der Waals surface area contributed by atoms with Gasteiger partial charge < -0.3 is 10.1 Å². The molecule has 13 heteroatoms. The van der Waals surface area contributed by atoms with Crippen LogP contribution in [-0.2, 0) is 15.7 Å². The molecule has 0 fully saturated rings. The molecule has 0 aliphatic carbocycles. The summed E-state index contributed by atoms with van der Waals surface area (Å²) < 4.78 is 47.4. The van der Waals surface area contributed by atoms with Gasteiger partial charge >= 0.3 is 12.1 Å². The number of hydrogen-bond acceptors (Lipinski definition) is 7. The molecular weight excluding hydrogens is 461 g/mol. The summed E-state index contributed by atoms with van der Waals surface area (Å²) >= 11 is 1.33. The largest absolute Gasteiger partial charge is 0.451 e. The first kappa shape index (κ1) is 22.3. The van der Waals surface area contributed by atoms with Gasteiger partial charge in [-0.25, -0.2) is 19.4 Å². The number of carbonyl (C=O) groups excluding carboxylic acids is 2. The normalized spacial score (nSPS) is 11.5. The second-order valence-electron chi connectivity index (χ2n) is 6.60. The number of nitrogens with one attached hydrogen (secondary N) is 1. The van der Waals surface area contributed by atoms with E-state index in [2.05, 4.69) is 20.4 Å². The van der Waals surface area contributed by atoms with Crippen molar-refractivity contribution in [1.82, 2.24) is 24.1 Å². The molecule has 0 saturated carbocycles. The third-order valence-electron chi connectivity index (χ3n) is 4.49. The van der Waals surface area contributed by atoms with E-state index in [0.29, 0.717) is 10.7 Å². The Morgan fingerprint density at radius 1 is 1.21 bits per heavy atom. The minimum Gasteiger partial charge on any atom is -0.451 e. The number of rotatable bonds is 6. The maximum atomic E-state index is 13.2. The van der Waals surface area contributed by atoms with Gasteiger partial charge in [-0.2, -0.15) is 18.3 Å². The summed E-state index contributed by atoms with van der Waals surface area (Å²) in [6.07, 6.45) is 1.38. The number of hydrogen-bond donors (Lipinski definition) is 1. The molecule has 4 rings (SSSR count). The van der Waals surface area contributed by atoms with E-state index in [4.69, 9.17) is 4.74 Å². The maximum absolute atomic E-state index is 13.2. The second kappa shape index (κ2) is 8.94. The molecule has 0 aliphatic heterocycles. The molecule has 0 spiro atoms. The van der Waals surface area contributed by atoms with Crippen LogP contribution in [0.5, 0.6) is 0 Å². The van der Waals surface area contributed by atoms with Crippen molar-refractivity contribution in [3.05, 3.63) is 66.5 Å². The summed E-state index contributed by atoms with van der Waals surface area (Å²) in [6.45, 7) is -0.730. The van der Waals surface area contributed by atoms with Gasteiger partial charge in [-0.3, -0.25) is 9.20 Å². The van der Waals surface area contributed by atoms with E-state index in [1.165, 1.54) is 29.1 Å². The maximum Gasteiger partial charge on any atom is 0.416 e. The zero-order valence-corrected chi connectivity index (χ0v) is 17.7. The minimum absolute atomic E-state index is 0.0233. The molecule has 1 aromatic carbocycles. The quantitative estimate of drug-likeness (QED) is 0.336. The summed E-state index contributed by atoms with van der Waals surface area (Å²) in [5.74, 6) is -1.67. The van der Waals surface area contributed by atoms with Gasteiger partial charge in [0.1, 0.15) is 12.7 Å². The number of esters is 1. The lowest BCUT2D eigenvalue weighted by Crippen LogP contribution is -2.22. The average molecular weight is 476 g/mol. The number of thioether (sulfide) groups is 1. The second-order valence-corrected chi connectivity index (χ2v) is 7.37. The molecule has 0 aliphatic rings. The lowest BCUT2D eigenvalue weighted by molar-refractivity contribution is -0.137. The average Bonchev–Trinajstić information content (AvgIpc) is 3.45. The van der Waals surface area contributed by atoms with Crippen molar-refractivity contribution in [3.63, 3.8) is 0 Å². The number of halogens is 3. The number of benzene rings is 1. The number of carbonyl (C=O) groups is 2. The van der Waals surface area contributed by atoms with Crippen molar-refractivity contribution in [2.75, 3.05) is 18.2 Å². The number of pyridine rings is 1. The Balaban J connectivity index is 1.52. The fourth-order valence-corrected chi connectivity index (χ4v) is 3.57. The fraction of sp³-hybridized carbons (Fsp3) is 0.150. The van der Waals surface area contributed by atoms with Crippen molar-refractivity contribution in [3.8, 4) is 5.69 Å². The Morgan fingerprint density at radius 3 is 2.73 bits per heavy atom. The Morgan fingerprint density at radius 2 is 2.03 bits per heavy atom. The SMILES string of the molecule is CSc1nc(C(=O)OCC(=O)Nc2cc(C(F)(F)F)ccc2-n2cncn2)c2ccccn12. The van der Waals surface area contributed by atoms with Gasteiger partial charge in [0.2, 0.25) is 0 Å². The highest BCUT2D eigenvalue weighted by Gasteiger charge is 2.31. The Bertz CT molecular complexity index is 1320. The Kier molecular flexibility index (Phi) is 6.05. The van der Waals surface area contributed by atoms with Crippen LogP contribution in [-0.4, -0.2) is 48.9 Å². The summed E-state index contributed by atoms with van der Waals surface area (Å²) in [4.78, 5) is 32.9. The van der Waals surface area contributed by atoms with Gasteiger partial charge in [-0.15, -0.1) is 0 Å². The predicted octanol–water partition coefficient (Wildman–Crippen LogP) is 3.45. The lowest BCUT2D eigenvalue weighted by Gasteiger charge is -2.14. The zero-order valence-electron chi connectivity index (χ0n) is 16.9. The molecule has 33 heavy (non-hydrogen) atoms. The number of nitrogens with zero attached hydrogens (tertiary/aromatic N) is 5. The van der Waals surface area contributed by atoms with E-state index in [1.807, 2.05) is 0 Å². The van der Waals surface area contributed by atoms with Crippen molar-refractivity contribution in [1.29, 1.82) is 0 Å². The standard InChI is InChI=1S/C20H15F3N6O3S/c1-33-19-27-17(15-4-2-3-7-28(15)19)18(31)32-9-16(30)26-13-8-12(20(21,22)23)5-6-14(13)29-11-24-10-25-29/h2-8,10-11H,9H2,1H3,(H,26,30). The van der Waals surface area contributed by atoms with Crippen LogP contribution in [0.2, 0.25) is 0 Å². The highest BCUT2D eigenvalue weighted by atomic mass is 32.2. The Hall–Kier alpha value is -3.87. The molecule has 0 bridgehead atoms. The molecule has 9 nitrogen and oxygen atoms in total. The van der Waals surface area contributed by atoms with E-state index in [1.54, 1.807) is 35.1 Å². The molecule has 0 atom stereocenters. The summed E-state index contributed by atoms with van der Waals surface area (Å²) in [5.41, 5.74) is -0.458. The number of ether oxygens (including phenoxy) is 1. The van der Waals surface area contributed by atoms with Crippen molar-refractivity contribution in [2.24, 2.45) is 0 Å². The van der Waals surface area contributed by atoms with Gasteiger partial charge in [-0.1, -0.05) is 17.8 Å². The van der Waals surface area contributed by atoms with Crippen molar-refractivity contribution >= 4 is 34.8 Å². The third kappa shape index (κ3) is 4.67. The van der Waals surface area contributed by atoms with Crippen LogP contribution >= 0.6 is 11.8 Å². The molecule has 170 valence electrons. The lowest BCUT2D eigenvalue weighted by atomic mass is 10.1. The summed E-state index contributed by atoms with van der Waals surface area (Å²) in [6, 6.07) is 7.96. The third-order valence-corrected chi connectivity index (χ3v) is 5.14. The smallest absolute Gasteiger partial charge is 0.416 e. The minimum atomic E-state index is -4.62. The van der Waals surface area contributed by atoms with Crippen molar-refractivity contribution in [2.45, 2.75) is 11.3 Å². The van der Waals surface area contributed by atoms with E-state index >= 15 is 0 Å².